The molecule has 0 spiro atoms. The molecule has 1 heterocycles. The van der Waals surface area contributed by atoms with E-state index in [0.717, 1.165) is 25.1 Å². The molecule has 0 bridgehead atoms. The van der Waals surface area contributed by atoms with Crippen LogP contribution < -0.4 is 0 Å². The van der Waals surface area contributed by atoms with Crippen molar-refractivity contribution < 1.29 is 9.90 Å². The van der Waals surface area contributed by atoms with Gasteiger partial charge in [0.25, 0.3) is 0 Å². The van der Waals surface area contributed by atoms with Gasteiger partial charge in [-0.2, -0.15) is 5.10 Å². The highest BCUT2D eigenvalue weighted by molar-refractivity contribution is 5.85. The average molecular weight is 322 g/mol. The summed E-state index contributed by atoms with van der Waals surface area (Å²) in [7, 11) is 0. The molecule has 1 aromatic rings. The number of carboxylic acid groups (broad SMARTS) is 1. The molecule has 0 aliphatic carbocycles. The highest BCUT2D eigenvalue weighted by Gasteiger charge is 2.11. The number of carbonyl (C=O) groups is 1. The Morgan fingerprint density at radius 1 is 0.957 bits per heavy atom. The number of hydrogen-bond acceptors (Lipinski definition) is 2. The first-order chi connectivity index (χ1) is 11.2. The smallest absolute Gasteiger partial charge is 0.356 e. The summed E-state index contributed by atoms with van der Waals surface area (Å²) in [6, 6.07) is 1.72. The summed E-state index contributed by atoms with van der Waals surface area (Å²) in [6.45, 7) is 5.00. The number of carboxylic acids is 1. The van der Waals surface area contributed by atoms with Crippen LogP contribution in [0.25, 0.3) is 0 Å². The molecule has 23 heavy (non-hydrogen) atoms. The van der Waals surface area contributed by atoms with Crippen LogP contribution in [0.4, 0.5) is 0 Å². The first-order valence-electron chi connectivity index (χ1n) is 9.49. The average Bonchev–Trinajstić information content (AvgIpc) is 2.96. The van der Waals surface area contributed by atoms with Gasteiger partial charge < -0.3 is 5.11 Å². The summed E-state index contributed by atoms with van der Waals surface area (Å²) >= 11 is 0. The monoisotopic (exact) mass is 322 g/mol. The first kappa shape index (κ1) is 19.7. The molecule has 1 rings (SSSR count). The molecule has 0 aliphatic heterocycles. The number of aromatic carboxylic acids is 1. The highest BCUT2D eigenvalue weighted by atomic mass is 16.4. The van der Waals surface area contributed by atoms with Gasteiger partial charge in [0.05, 0.1) is 0 Å². The van der Waals surface area contributed by atoms with Crippen molar-refractivity contribution in [2.45, 2.75) is 97.4 Å². The topological polar surface area (TPSA) is 55.1 Å². The molecule has 0 unspecified atom stereocenters. The Kier molecular flexibility index (Phi) is 10.4. The molecule has 0 aliphatic rings. The largest absolute Gasteiger partial charge is 0.476 e. The molecular weight excluding hydrogens is 288 g/mol. The molecule has 0 saturated carbocycles. The Morgan fingerprint density at radius 2 is 1.48 bits per heavy atom. The van der Waals surface area contributed by atoms with Crippen molar-refractivity contribution in [3.8, 4) is 0 Å². The Bertz CT molecular complexity index is 441. The van der Waals surface area contributed by atoms with Crippen molar-refractivity contribution in [3.05, 3.63) is 17.5 Å². The van der Waals surface area contributed by atoms with Crippen LogP contribution in [0.2, 0.25) is 0 Å². The van der Waals surface area contributed by atoms with Crippen LogP contribution in [0.3, 0.4) is 0 Å². The summed E-state index contributed by atoms with van der Waals surface area (Å²) in [6.07, 6.45) is 15.6. The zero-order valence-corrected chi connectivity index (χ0v) is 15.0. The number of hydrogen-bond donors (Lipinski definition) is 1. The molecule has 0 atom stereocenters. The van der Waals surface area contributed by atoms with Crippen LogP contribution >= 0.6 is 0 Å². The molecule has 0 amide bonds. The van der Waals surface area contributed by atoms with E-state index in [1.54, 1.807) is 6.07 Å². The second-order valence-electron chi connectivity index (χ2n) is 6.43. The van der Waals surface area contributed by atoms with Gasteiger partial charge in [-0.3, -0.25) is 4.68 Å². The predicted octanol–water partition coefficient (Wildman–Crippen LogP) is 5.45. The van der Waals surface area contributed by atoms with Crippen LogP contribution in [0.5, 0.6) is 0 Å². The zero-order valence-electron chi connectivity index (χ0n) is 15.0. The van der Waals surface area contributed by atoms with E-state index in [-0.39, 0.29) is 5.69 Å². The molecular formula is C19H34N2O2. The van der Waals surface area contributed by atoms with Crippen LogP contribution in [0.15, 0.2) is 6.07 Å². The van der Waals surface area contributed by atoms with Crippen molar-refractivity contribution >= 4 is 5.97 Å². The fourth-order valence-corrected chi connectivity index (χ4v) is 3.01. The number of aromatic nitrogens is 2. The lowest BCUT2D eigenvalue weighted by molar-refractivity contribution is 0.0689. The van der Waals surface area contributed by atoms with Gasteiger partial charge >= 0.3 is 5.97 Å². The molecule has 0 fully saturated rings. The van der Waals surface area contributed by atoms with Gasteiger partial charge in [0.15, 0.2) is 5.69 Å². The normalized spacial score (nSPS) is 11.0. The maximum atomic E-state index is 11.0. The van der Waals surface area contributed by atoms with Crippen LogP contribution in [0.1, 0.15) is 101 Å². The minimum absolute atomic E-state index is 0.171. The van der Waals surface area contributed by atoms with Gasteiger partial charge in [0.1, 0.15) is 0 Å². The quantitative estimate of drug-likeness (QED) is 0.463. The molecule has 4 nitrogen and oxygen atoms in total. The van der Waals surface area contributed by atoms with E-state index in [0.29, 0.717) is 0 Å². The van der Waals surface area contributed by atoms with E-state index in [9.17, 15) is 4.79 Å². The van der Waals surface area contributed by atoms with Crippen molar-refractivity contribution in [3.63, 3.8) is 0 Å². The van der Waals surface area contributed by atoms with Crippen LogP contribution in [0, 0.1) is 0 Å². The molecule has 0 radical (unpaired) electrons. The van der Waals surface area contributed by atoms with Gasteiger partial charge in [-0.05, 0) is 25.8 Å². The maximum absolute atomic E-state index is 11.0. The minimum atomic E-state index is -0.933. The van der Waals surface area contributed by atoms with Gasteiger partial charge in [0, 0.05) is 12.2 Å². The Balaban J connectivity index is 2.06. The number of rotatable bonds is 14. The Hall–Kier alpha value is -1.32. The van der Waals surface area contributed by atoms with Crippen molar-refractivity contribution in [2.75, 3.05) is 0 Å². The zero-order chi connectivity index (χ0) is 16.9. The highest BCUT2D eigenvalue weighted by Crippen LogP contribution is 2.13. The van der Waals surface area contributed by atoms with E-state index in [1.807, 2.05) is 11.6 Å². The molecule has 0 saturated heterocycles. The number of unbranched alkanes of at least 4 members (excludes halogenated alkanes) is 10. The summed E-state index contributed by atoms with van der Waals surface area (Å²) in [5.41, 5.74) is 1.23. The van der Waals surface area contributed by atoms with Gasteiger partial charge in [0.2, 0.25) is 0 Å². The minimum Gasteiger partial charge on any atom is -0.476 e. The van der Waals surface area contributed by atoms with E-state index in [4.69, 9.17) is 5.11 Å². The third-order valence-electron chi connectivity index (χ3n) is 4.42. The van der Waals surface area contributed by atoms with E-state index in [2.05, 4.69) is 12.0 Å². The SMILES string of the molecule is CCCCCCCCCCCCCc1cc(C(=O)O)nn1CC. The lowest BCUT2D eigenvalue weighted by Crippen LogP contribution is -2.04. The maximum Gasteiger partial charge on any atom is 0.356 e. The van der Waals surface area contributed by atoms with Gasteiger partial charge in [-0.15, -0.1) is 0 Å². The molecule has 0 aromatic carbocycles. The van der Waals surface area contributed by atoms with E-state index in [1.165, 1.54) is 64.2 Å². The fourth-order valence-electron chi connectivity index (χ4n) is 3.01. The van der Waals surface area contributed by atoms with Crippen LogP contribution in [-0.4, -0.2) is 20.9 Å². The molecule has 1 aromatic heterocycles. The van der Waals surface area contributed by atoms with Crippen molar-refractivity contribution in [2.24, 2.45) is 0 Å². The Morgan fingerprint density at radius 3 is 1.96 bits per heavy atom. The third-order valence-corrected chi connectivity index (χ3v) is 4.42. The summed E-state index contributed by atoms with van der Waals surface area (Å²) < 4.78 is 1.82. The Labute approximate surface area is 141 Å². The summed E-state index contributed by atoms with van der Waals surface area (Å²) in [5.74, 6) is -0.933. The lowest BCUT2D eigenvalue weighted by atomic mass is 10.0. The summed E-state index contributed by atoms with van der Waals surface area (Å²) in [4.78, 5) is 11.0. The van der Waals surface area contributed by atoms with Gasteiger partial charge in [-0.25, -0.2) is 4.79 Å². The predicted molar refractivity (Wildman–Crippen MR) is 95.0 cm³/mol. The van der Waals surface area contributed by atoms with Crippen molar-refractivity contribution in [1.82, 2.24) is 9.78 Å². The van der Waals surface area contributed by atoms with Gasteiger partial charge in [-0.1, -0.05) is 71.1 Å². The second kappa shape index (κ2) is 12.1. The number of aryl methyl sites for hydroxylation is 2. The van der Waals surface area contributed by atoms with E-state index < -0.39 is 5.97 Å². The van der Waals surface area contributed by atoms with Crippen LogP contribution in [-0.2, 0) is 13.0 Å². The molecule has 132 valence electrons. The standard InChI is InChI=1S/C19H34N2O2/c1-3-5-6-7-8-9-10-11-12-13-14-15-17-16-18(19(22)23)20-21(17)4-2/h16H,3-15H2,1-2H3,(H,22,23). The molecule has 4 heteroatoms. The fraction of sp³-hybridized carbons (Fsp3) is 0.789. The lowest BCUT2D eigenvalue weighted by Gasteiger charge is -2.05. The first-order valence-corrected chi connectivity index (χ1v) is 9.49. The van der Waals surface area contributed by atoms with Crippen molar-refractivity contribution in [1.29, 1.82) is 0 Å². The number of nitrogens with zero attached hydrogens (tertiary/aromatic N) is 2. The second-order valence-corrected chi connectivity index (χ2v) is 6.43. The van der Waals surface area contributed by atoms with E-state index >= 15 is 0 Å². The third kappa shape index (κ3) is 8.19. The molecule has 1 N–H and O–H groups in total. The summed E-state index contributed by atoms with van der Waals surface area (Å²) in [5, 5.41) is 13.1.